The third-order valence-corrected chi connectivity index (χ3v) is 1.05. The molecule has 0 aliphatic heterocycles. The lowest BCUT2D eigenvalue weighted by molar-refractivity contribution is -0.141. The second kappa shape index (κ2) is 7.06. The third kappa shape index (κ3) is 6.84. The zero-order valence-electron chi connectivity index (χ0n) is 6.88. The fraction of sp³-hybridized carbons (Fsp3) is 0.444. The van der Waals surface area contributed by atoms with Crippen LogP contribution in [0.2, 0.25) is 0 Å². The van der Waals surface area contributed by atoms with Crippen LogP contribution in [0.1, 0.15) is 19.8 Å². The molecule has 0 aliphatic rings. The average molecular weight is 154 g/mol. The molecule has 0 heterocycles. The maximum atomic E-state index is 10.8. The van der Waals surface area contributed by atoms with Gasteiger partial charge in [-0.15, -0.1) is 0 Å². The molecule has 0 rings (SSSR count). The van der Waals surface area contributed by atoms with E-state index in [1.807, 2.05) is 19.1 Å². The van der Waals surface area contributed by atoms with Crippen molar-refractivity contribution < 1.29 is 9.53 Å². The molecule has 0 N–H and O–H groups in total. The fourth-order valence-electron chi connectivity index (χ4n) is 0.557. The molecule has 0 radical (unpaired) electrons. The van der Waals surface area contributed by atoms with Gasteiger partial charge in [0.2, 0.25) is 0 Å². The van der Waals surface area contributed by atoms with Crippen LogP contribution in [0.15, 0.2) is 24.8 Å². The summed E-state index contributed by atoms with van der Waals surface area (Å²) >= 11 is 0. The summed E-state index contributed by atoms with van der Waals surface area (Å²) in [6, 6.07) is 0. The Morgan fingerprint density at radius 2 is 2.27 bits per heavy atom. The van der Waals surface area contributed by atoms with Crippen molar-refractivity contribution in [2.45, 2.75) is 19.8 Å². The van der Waals surface area contributed by atoms with Gasteiger partial charge in [0.25, 0.3) is 0 Å². The minimum atomic E-state index is -0.199. The van der Waals surface area contributed by atoms with Crippen molar-refractivity contribution in [1.29, 1.82) is 0 Å². The van der Waals surface area contributed by atoms with Gasteiger partial charge in [-0.3, -0.25) is 4.79 Å². The number of hydrogen-bond acceptors (Lipinski definition) is 2. The first-order valence-corrected chi connectivity index (χ1v) is 3.72. The summed E-state index contributed by atoms with van der Waals surface area (Å²) in [6.07, 6.45) is 6.62. The summed E-state index contributed by atoms with van der Waals surface area (Å²) in [6.45, 7) is 5.76. The summed E-state index contributed by atoms with van der Waals surface area (Å²) < 4.78 is 4.73. The molecule has 2 heteroatoms. The molecule has 62 valence electrons. The van der Waals surface area contributed by atoms with Crippen LogP contribution in [-0.4, -0.2) is 12.6 Å². The summed E-state index contributed by atoms with van der Waals surface area (Å²) in [7, 11) is 0. The lowest BCUT2D eigenvalue weighted by Crippen LogP contribution is -2.01. The highest BCUT2D eigenvalue weighted by atomic mass is 16.5. The molecule has 0 saturated heterocycles. The van der Waals surface area contributed by atoms with Gasteiger partial charge in [0, 0.05) is 0 Å². The zero-order valence-corrected chi connectivity index (χ0v) is 6.88. The SMILES string of the molecule is C=CCOC(=O)CC=CCC. The van der Waals surface area contributed by atoms with Crippen LogP contribution in [0.4, 0.5) is 0 Å². The van der Waals surface area contributed by atoms with E-state index in [-0.39, 0.29) is 5.97 Å². The minimum absolute atomic E-state index is 0.199. The maximum absolute atomic E-state index is 10.8. The lowest BCUT2D eigenvalue weighted by Gasteiger charge is -1.96. The van der Waals surface area contributed by atoms with Gasteiger partial charge in [-0.1, -0.05) is 31.7 Å². The van der Waals surface area contributed by atoms with Crippen molar-refractivity contribution in [3.8, 4) is 0 Å². The Morgan fingerprint density at radius 1 is 1.55 bits per heavy atom. The lowest BCUT2D eigenvalue weighted by atomic mass is 10.3. The van der Waals surface area contributed by atoms with Gasteiger partial charge >= 0.3 is 5.97 Å². The molecule has 0 spiro atoms. The van der Waals surface area contributed by atoms with Gasteiger partial charge in [-0.05, 0) is 6.42 Å². The Hall–Kier alpha value is -1.05. The van der Waals surface area contributed by atoms with E-state index in [9.17, 15) is 4.79 Å². The Balaban J connectivity index is 3.36. The van der Waals surface area contributed by atoms with Gasteiger partial charge in [-0.2, -0.15) is 0 Å². The van der Waals surface area contributed by atoms with E-state index in [1.165, 1.54) is 0 Å². The highest BCUT2D eigenvalue weighted by Gasteiger charge is 1.95. The maximum Gasteiger partial charge on any atom is 0.309 e. The van der Waals surface area contributed by atoms with Gasteiger partial charge < -0.3 is 4.74 Å². The van der Waals surface area contributed by atoms with Crippen molar-refractivity contribution in [3.05, 3.63) is 24.8 Å². The van der Waals surface area contributed by atoms with Crippen LogP contribution in [0, 0.1) is 0 Å². The van der Waals surface area contributed by atoms with E-state index in [0.717, 1.165) is 6.42 Å². The smallest absolute Gasteiger partial charge is 0.309 e. The molecule has 11 heavy (non-hydrogen) atoms. The number of carbonyl (C=O) groups is 1. The number of rotatable bonds is 5. The number of hydrogen-bond donors (Lipinski definition) is 0. The van der Waals surface area contributed by atoms with Gasteiger partial charge in [0.15, 0.2) is 0 Å². The van der Waals surface area contributed by atoms with E-state index in [2.05, 4.69) is 6.58 Å². The van der Waals surface area contributed by atoms with Crippen LogP contribution in [0.3, 0.4) is 0 Å². The van der Waals surface area contributed by atoms with E-state index < -0.39 is 0 Å². The van der Waals surface area contributed by atoms with E-state index in [4.69, 9.17) is 4.74 Å². The quantitative estimate of drug-likeness (QED) is 0.447. The van der Waals surface area contributed by atoms with Gasteiger partial charge in [-0.25, -0.2) is 0 Å². The largest absolute Gasteiger partial charge is 0.461 e. The van der Waals surface area contributed by atoms with Crippen LogP contribution < -0.4 is 0 Å². The molecule has 0 bridgehead atoms. The molecule has 0 atom stereocenters. The Kier molecular flexibility index (Phi) is 6.39. The number of ether oxygens (including phenoxy) is 1. The van der Waals surface area contributed by atoms with E-state index in [1.54, 1.807) is 6.08 Å². The predicted molar refractivity (Wildman–Crippen MR) is 45.2 cm³/mol. The van der Waals surface area contributed by atoms with Crippen molar-refractivity contribution in [2.75, 3.05) is 6.61 Å². The Labute approximate surface area is 67.6 Å². The molecule has 0 aromatic heterocycles. The van der Waals surface area contributed by atoms with Crippen molar-refractivity contribution in [3.63, 3.8) is 0 Å². The van der Waals surface area contributed by atoms with Crippen LogP contribution >= 0.6 is 0 Å². The highest BCUT2D eigenvalue weighted by Crippen LogP contribution is 1.90. The normalized spacial score (nSPS) is 9.91. The fourth-order valence-corrected chi connectivity index (χ4v) is 0.557. The van der Waals surface area contributed by atoms with E-state index in [0.29, 0.717) is 13.0 Å². The number of carbonyl (C=O) groups excluding carboxylic acids is 1. The van der Waals surface area contributed by atoms with Crippen LogP contribution in [0.5, 0.6) is 0 Å². The van der Waals surface area contributed by atoms with Gasteiger partial charge in [0.05, 0.1) is 6.42 Å². The summed E-state index contributed by atoms with van der Waals surface area (Å²) in [5.74, 6) is -0.199. The zero-order chi connectivity index (χ0) is 8.53. The molecule has 0 amide bonds. The van der Waals surface area contributed by atoms with Crippen LogP contribution in [0.25, 0.3) is 0 Å². The Morgan fingerprint density at radius 3 is 2.82 bits per heavy atom. The third-order valence-electron chi connectivity index (χ3n) is 1.05. The summed E-state index contributed by atoms with van der Waals surface area (Å²) in [5, 5.41) is 0. The minimum Gasteiger partial charge on any atom is -0.461 e. The van der Waals surface area contributed by atoms with Crippen molar-refractivity contribution in [1.82, 2.24) is 0 Å². The molecule has 0 unspecified atom stereocenters. The molecule has 0 aliphatic carbocycles. The molecular formula is C9H14O2. The molecule has 0 fully saturated rings. The van der Waals surface area contributed by atoms with Gasteiger partial charge in [0.1, 0.15) is 6.61 Å². The molecule has 0 aromatic rings. The molecule has 2 nitrogen and oxygen atoms in total. The molecule has 0 saturated carbocycles. The average Bonchev–Trinajstić information content (AvgIpc) is 2.01. The van der Waals surface area contributed by atoms with Crippen molar-refractivity contribution >= 4 is 5.97 Å². The number of esters is 1. The van der Waals surface area contributed by atoms with Crippen LogP contribution in [-0.2, 0) is 9.53 Å². The monoisotopic (exact) mass is 154 g/mol. The standard InChI is InChI=1S/C9H14O2/c1-3-5-6-7-9(10)11-8-4-2/h4-6H,2-3,7-8H2,1H3. The first kappa shape index (κ1) is 9.95. The second-order valence-electron chi connectivity index (χ2n) is 2.06. The summed E-state index contributed by atoms with van der Waals surface area (Å²) in [5.41, 5.74) is 0. The number of allylic oxidation sites excluding steroid dienone is 1. The van der Waals surface area contributed by atoms with Crippen molar-refractivity contribution in [2.24, 2.45) is 0 Å². The molecule has 0 aromatic carbocycles. The predicted octanol–water partition coefficient (Wildman–Crippen LogP) is 2.07. The molecular weight excluding hydrogens is 140 g/mol. The summed E-state index contributed by atoms with van der Waals surface area (Å²) in [4.78, 5) is 10.8. The second-order valence-corrected chi connectivity index (χ2v) is 2.06. The topological polar surface area (TPSA) is 26.3 Å². The van der Waals surface area contributed by atoms with E-state index >= 15 is 0 Å². The highest BCUT2D eigenvalue weighted by molar-refractivity contribution is 5.71. The first-order valence-electron chi connectivity index (χ1n) is 3.72. The Bertz CT molecular complexity index is 148. The first-order chi connectivity index (χ1) is 5.31.